The summed E-state index contributed by atoms with van der Waals surface area (Å²) in [6.45, 7) is -4.97. The maximum Gasteiger partial charge on any atom is 0.217 e. The van der Waals surface area contributed by atoms with Gasteiger partial charge in [-0.05, 0) is 0 Å². The van der Waals surface area contributed by atoms with Gasteiger partial charge >= 0.3 is 0 Å². The third-order valence-corrected chi connectivity index (χ3v) is 15.3. The van der Waals surface area contributed by atoms with Crippen molar-refractivity contribution in [2.24, 2.45) is 0 Å². The van der Waals surface area contributed by atoms with E-state index in [1.807, 2.05) is 0 Å². The molecule has 38 nitrogen and oxygen atoms in total. The van der Waals surface area contributed by atoms with Crippen LogP contribution in [-0.4, -0.2) is 380 Å². The molecule has 35 atom stereocenters. The Hall–Kier alpha value is -2.42. The second-order valence-electron chi connectivity index (χ2n) is 21.1. The van der Waals surface area contributed by atoms with Crippen molar-refractivity contribution >= 4 is 11.8 Å². The molecule has 7 rings (SSSR count). The van der Waals surface area contributed by atoms with E-state index in [2.05, 4.69) is 10.6 Å². The lowest BCUT2D eigenvalue weighted by Gasteiger charge is -2.50. The van der Waals surface area contributed by atoms with E-state index in [0.29, 0.717) is 0 Å². The summed E-state index contributed by atoms with van der Waals surface area (Å²) in [4.78, 5) is 24.6. The predicted octanol–water partition coefficient (Wildman–Crippen LogP) is -16.0. The van der Waals surface area contributed by atoms with Gasteiger partial charge in [-0.2, -0.15) is 0 Å². The highest BCUT2D eigenvalue weighted by Crippen LogP contribution is 2.37. The lowest BCUT2D eigenvalue weighted by atomic mass is 9.94. The molecule has 2 amide bonds. The van der Waals surface area contributed by atoms with Crippen LogP contribution in [-0.2, 0) is 71.2 Å². The van der Waals surface area contributed by atoms with Crippen LogP contribution in [0.2, 0.25) is 0 Å². The van der Waals surface area contributed by atoms with Crippen molar-refractivity contribution < 1.29 is 178 Å². The van der Waals surface area contributed by atoms with Gasteiger partial charge in [-0.1, -0.05) is 0 Å². The molecule has 0 radical (unpaired) electrons. The molecule has 0 saturated carbocycles. The SMILES string of the molecule is CC(=O)N[C@@H]1[C@@H](O)[C@H](O[C@@H]2O[C@H](CO)[C@@H](O[C@@H]3O[C@H](CO[C@H]4O[C@H](CO)[C@@H](O)[C@H](O[C@H]5O[C@H](CO)[C@@H](O)[C@H](O)[C@@H]5O[C@H]5O[C@H](CO)[C@@H](O)[C@H](O)[C@@H]5O)[C@@H]4O)[C@@H](O)[C@H](O[C@H]4O[C@H](CO)[C@@H](O)[C@H](O)[C@@H]4O)[C@@H]3O)[C@H](O)[C@H]2NC(C)=O)[C@@H](CO)O[C@H]1O. The van der Waals surface area contributed by atoms with Gasteiger partial charge in [0.15, 0.2) is 44.0 Å². The normalized spacial score (nSPS) is 50.3. The van der Waals surface area contributed by atoms with Crippen LogP contribution >= 0.6 is 0 Å². The largest absolute Gasteiger partial charge is 0.394 e. The Morgan fingerprint density at radius 1 is 0.310 bits per heavy atom. The quantitative estimate of drug-likeness (QED) is 0.0507. The Morgan fingerprint density at radius 3 is 1.14 bits per heavy atom. The average molecular weight is 1240 g/mol. The maximum absolute atomic E-state index is 12.7. The molecule has 0 aromatic heterocycles. The van der Waals surface area contributed by atoms with Gasteiger partial charge in [0.1, 0.15) is 171 Å². The van der Waals surface area contributed by atoms with Gasteiger partial charge in [-0.15, -0.1) is 0 Å². The fourth-order valence-electron chi connectivity index (χ4n) is 10.7. The van der Waals surface area contributed by atoms with E-state index in [4.69, 9.17) is 61.6 Å². The molecule has 0 aliphatic carbocycles. The third-order valence-electron chi connectivity index (χ3n) is 15.3. The van der Waals surface area contributed by atoms with Gasteiger partial charge in [0.2, 0.25) is 11.8 Å². The highest BCUT2D eigenvalue weighted by atomic mass is 16.8. The van der Waals surface area contributed by atoms with Crippen LogP contribution in [0, 0.1) is 0 Å². The number of carbonyl (C=O) groups is 2. The zero-order valence-electron chi connectivity index (χ0n) is 44.7. The van der Waals surface area contributed by atoms with Crippen LogP contribution in [0.25, 0.3) is 0 Å². The van der Waals surface area contributed by atoms with Crippen LogP contribution in [0.1, 0.15) is 13.8 Å². The van der Waals surface area contributed by atoms with E-state index in [-0.39, 0.29) is 0 Å². The molecule has 7 saturated heterocycles. The van der Waals surface area contributed by atoms with Crippen LogP contribution in [0.5, 0.6) is 0 Å². The van der Waals surface area contributed by atoms with Gasteiger partial charge in [0.25, 0.3) is 0 Å². The van der Waals surface area contributed by atoms with Gasteiger partial charge in [-0.25, -0.2) is 0 Å². The van der Waals surface area contributed by atoms with Gasteiger partial charge in [-0.3, -0.25) is 9.59 Å². The van der Waals surface area contributed by atoms with Crippen molar-refractivity contribution in [1.29, 1.82) is 0 Å². The van der Waals surface area contributed by atoms with Crippen molar-refractivity contribution in [3.8, 4) is 0 Å². The van der Waals surface area contributed by atoms with Gasteiger partial charge in [0, 0.05) is 13.8 Å². The Labute approximate surface area is 475 Å². The number of amides is 2. The Kier molecular flexibility index (Phi) is 24.6. The maximum atomic E-state index is 12.7. The van der Waals surface area contributed by atoms with E-state index in [0.717, 1.165) is 13.8 Å². The van der Waals surface area contributed by atoms with Crippen LogP contribution < -0.4 is 10.6 Å². The smallest absolute Gasteiger partial charge is 0.217 e. The second-order valence-corrected chi connectivity index (χ2v) is 21.1. The average Bonchev–Trinajstić information content (AvgIpc) is 2.70. The van der Waals surface area contributed by atoms with Gasteiger partial charge in [0.05, 0.1) is 46.2 Å². The van der Waals surface area contributed by atoms with E-state index in [1.165, 1.54) is 0 Å². The topological polar surface area (TPSA) is 603 Å². The standard InChI is InChI=1S/C46H78N2O36/c1-10(55)47-19-26(62)35(16(7-53)73-40(19)71)80-41-20(48-11(2)56)27(63)36(17(8-54)78-41)81-45-34(70)38(82-43-31(67)28(64)21(57)12(3-49)75-43)25(61)18(79-45)9-72-42-33(69)37(24(60)15(6-52)74-42)83-46-39(30(66)23(59)14(5-51)77-46)84-44-32(68)29(65)22(58)13(4-50)76-44/h12-46,49-54,57-71H,3-9H2,1-2H3,(H,47,55)(H,48,56)/t12-,13-,14-,15-,16-,17-,18-,19-,20-,21-,22-,23-,24-,25-,26-,27-,28+,29+,30+,31+,32+,33+,34+,35-,36-,37+,38+,39+,40-,41+,42+,43-,44-,45+,46-/m1/s1. The summed E-state index contributed by atoms with van der Waals surface area (Å²) < 4.78 is 74.4. The number of aliphatic hydroxyl groups excluding tert-OH is 21. The number of aliphatic hydroxyl groups is 21. The first kappa shape index (κ1) is 69.1. The third kappa shape index (κ3) is 14.7. The van der Waals surface area contributed by atoms with Crippen molar-refractivity contribution in [2.45, 2.75) is 229 Å². The van der Waals surface area contributed by atoms with Crippen LogP contribution in [0.3, 0.4) is 0 Å². The fraction of sp³-hybridized carbons (Fsp3) is 0.957. The molecule has 7 aliphatic rings. The number of ether oxygens (including phenoxy) is 13. The van der Waals surface area contributed by atoms with E-state index in [9.17, 15) is 117 Å². The lowest BCUT2D eigenvalue weighted by Crippen LogP contribution is -2.70. The first-order valence-corrected chi connectivity index (χ1v) is 26.6. The number of rotatable bonds is 21. The minimum absolute atomic E-state index is 0.735. The highest BCUT2D eigenvalue weighted by Gasteiger charge is 2.58. The Balaban J connectivity index is 1.14. The Morgan fingerprint density at radius 2 is 0.643 bits per heavy atom. The molecule has 0 aromatic carbocycles. The summed E-state index contributed by atoms with van der Waals surface area (Å²) in [7, 11) is 0. The number of hydrogen-bond donors (Lipinski definition) is 23. The second kappa shape index (κ2) is 29.9. The molecule has 0 bridgehead atoms. The summed E-state index contributed by atoms with van der Waals surface area (Å²) in [6.07, 6.45) is -65.4. The predicted molar refractivity (Wildman–Crippen MR) is 255 cm³/mol. The molecule has 0 unspecified atom stereocenters. The lowest BCUT2D eigenvalue weighted by molar-refractivity contribution is -0.394. The highest BCUT2D eigenvalue weighted by molar-refractivity contribution is 5.73. The molecular weight excluding hydrogens is 1160 g/mol. The zero-order valence-corrected chi connectivity index (χ0v) is 44.7. The minimum atomic E-state index is -2.33. The van der Waals surface area contributed by atoms with Crippen LogP contribution in [0.15, 0.2) is 0 Å². The van der Waals surface area contributed by atoms with Crippen LogP contribution in [0.4, 0.5) is 0 Å². The molecular formula is C46H78N2O36. The molecule has 0 spiro atoms. The molecule has 488 valence electrons. The zero-order chi connectivity index (χ0) is 61.9. The van der Waals surface area contributed by atoms with Gasteiger partial charge < -0.3 is 179 Å². The van der Waals surface area contributed by atoms with Crippen molar-refractivity contribution in [2.75, 3.05) is 46.2 Å². The number of nitrogens with one attached hydrogen (secondary N) is 2. The molecule has 84 heavy (non-hydrogen) atoms. The monoisotopic (exact) mass is 1230 g/mol. The molecule has 0 aromatic rings. The molecule has 23 N–H and O–H groups in total. The van der Waals surface area contributed by atoms with E-state index >= 15 is 0 Å². The summed E-state index contributed by atoms with van der Waals surface area (Å²) >= 11 is 0. The van der Waals surface area contributed by atoms with E-state index < -0.39 is 273 Å². The van der Waals surface area contributed by atoms with Crippen molar-refractivity contribution in [1.82, 2.24) is 10.6 Å². The summed E-state index contributed by atoms with van der Waals surface area (Å²) in [5, 5.41) is 231. The molecule has 38 heteroatoms. The summed E-state index contributed by atoms with van der Waals surface area (Å²) in [5.74, 6) is -1.60. The summed E-state index contributed by atoms with van der Waals surface area (Å²) in [6, 6.07) is -3.36. The minimum Gasteiger partial charge on any atom is -0.394 e. The summed E-state index contributed by atoms with van der Waals surface area (Å²) in [5.41, 5.74) is 0. The van der Waals surface area contributed by atoms with Crippen molar-refractivity contribution in [3.05, 3.63) is 0 Å². The molecule has 7 fully saturated rings. The first-order valence-electron chi connectivity index (χ1n) is 26.6. The van der Waals surface area contributed by atoms with E-state index in [1.54, 1.807) is 0 Å². The Bertz CT molecular complexity index is 2060. The first-order chi connectivity index (χ1) is 39.7. The fourth-order valence-corrected chi connectivity index (χ4v) is 10.7. The molecule has 7 heterocycles. The van der Waals surface area contributed by atoms with Crippen molar-refractivity contribution in [3.63, 3.8) is 0 Å². The number of carbonyl (C=O) groups excluding carboxylic acids is 2. The molecule has 7 aliphatic heterocycles. The number of hydrogen-bond acceptors (Lipinski definition) is 36.